The molecule has 33 heavy (non-hydrogen) atoms. The van der Waals surface area contributed by atoms with E-state index in [1.807, 2.05) is 0 Å². The number of sulfonamides is 1. The number of furan rings is 1. The maximum Gasteiger partial charge on any atom is 0.374 e. The number of nitrogens with one attached hydrogen (secondary N) is 1. The zero-order valence-corrected chi connectivity index (χ0v) is 20.6. The zero-order chi connectivity index (χ0) is 23.8. The summed E-state index contributed by atoms with van der Waals surface area (Å²) in [5.41, 5.74) is 0. The summed E-state index contributed by atoms with van der Waals surface area (Å²) in [6.45, 7) is 3.92. The van der Waals surface area contributed by atoms with Crippen LogP contribution >= 0.6 is 0 Å². The van der Waals surface area contributed by atoms with Crippen LogP contribution in [0.1, 0.15) is 68.8 Å². The van der Waals surface area contributed by atoms with Crippen LogP contribution in [0.3, 0.4) is 0 Å². The number of esters is 1. The van der Waals surface area contributed by atoms with Crippen LogP contribution in [0.4, 0.5) is 0 Å². The molecule has 2 aliphatic rings. The summed E-state index contributed by atoms with van der Waals surface area (Å²) >= 11 is 0. The normalized spacial score (nSPS) is 19.0. The van der Waals surface area contributed by atoms with E-state index >= 15 is 0 Å². The van der Waals surface area contributed by atoms with Gasteiger partial charge in [0.1, 0.15) is 0 Å². The molecule has 9 nitrogen and oxygen atoms in total. The van der Waals surface area contributed by atoms with Crippen LogP contribution in [-0.4, -0.2) is 75.4 Å². The summed E-state index contributed by atoms with van der Waals surface area (Å²) in [6.07, 6.45) is 8.33. The summed E-state index contributed by atoms with van der Waals surface area (Å²) in [5.74, 6) is -1.03. The molecule has 1 amide bonds. The molecule has 0 aromatic carbocycles. The molecule has 0 spiro atoms. The topological polar surface area (TPSA) is 109 Å². The van der Waals surface area contributed by atoms with Gasteiger partial charge in [-0.3, -0.25) is 4.79 Å². The third-order valence-corrected chi connectivity index (χ3v) is 8.43. The van der Waals surface area contributed by atoms with E-state index in [4.69, 9.17) is 9.15 Å². The van der Waals surface area contributed by atoms with Gasteiger partial charge in [-0.25, -0.2) is 13.2 Å². The number of nitrogens with zero attached hydrogens (tertiary/aromatic N) is 2. The van der Waals surface area contributed by atoms with Crippen molar-refractivity contribution in [3.8, 4) is 0 Å². The minimum absolute atomic E-state index is 0.00466. The Hall–Kier alpha value is -1.91. The molecule has 1 saturated heterocycles. The first-order valence-electron chi connectivity index (χ1n) is 12.1. The van der Waals surface area contributed by atoms with E-state index in [1.165, 1.54) is 48.5 Å². The van der Waals surface area contributed by atoms with E-state index in [-0.39, 0.29) is 42.4 Å². The summed E-state index contributed by atoms with van der Waals surface area (Å²) in [5, 5.41) is 2.74. The lowest BCUT2D eigenvalue weighted by Gasteiger charge is -2.31. The SMILES string of the molecule is CCOC(=O)c1ccc(S(=O)(=O)N2CCC(C(=O)NCCCN(C)C3CCCCC3)CC2)o1. The number of amides is 1. The van der Waals surface area contributed by atoms with E-state index in [1.54, 1.807) is 6.92 Å². The number of carbonyl (C=O) groups is 2. The second-order valence-corrected chi connectivity index (χ2v) is 10.8. The molecule has 2 heterocycles. The summed E-state index contributed by atoms with van der Waals surface area (Å²) in [6, 6.07) is 3.24. The van der Waals surface area contributed by atoms with Crippen LogP contribution in [0.15, 0.2) is 21.6 Å². The lowest BCUT2D eigenvalue weighted by Crippen LogP contribution is -2.43. The number of hydrogen-bond acceptors (Lipinski definition) is 7. The third-order valence-electron chi connectivity index (χ3n) is 6.66. The first kappa shape index (κ1) is 25.7. The minimum Gasteiger partial charge on any atom is -0.460 e. The molecule has 0 atom stereocenters. The quantitative estimate of drug-likeness (QED) is 0.402. The average Bonchev–Trinajstić information content (AvgIpc) is 3.34. The highest BCUT2D eigenvalue weighted by Gasteiger charge is 2.34. The second kappa shape index (κ2) is 12.0. The van der Waals surface area contributed by atoms with Gasteiger partial charge in [0.15, 0.2) is 0 Å². The molecule has 0 unspecified atom stereocenters. The maximum absolute atomic E-state index is 12.8. The van der Waals surface area contributed by atoms with Crippen LogP contribution < -0.4 is 5.32 Å². The Kier molecular flexibility index (Phi) is 9.34. The molecular formula is C23H37N3O6S. The van der Waals surface area contributed by atoms with Crippen LogP contribution in [0, 0.1) is 5.92 Å². The fourth-order valence-electron chi connectivity index (χ4n) is 4.65. The van der Waals surface area contributed by atoms with Gasteiger partial charge in [0.25, 0.3) is 10.0 Å². The largest absolute Gasteiger partial charge is 0.460 e. The molecule has 186 valence electrons. The van der Waals surface area contributed by atoms with Crippen LogP contribution in [-0.2, 0) is 19.6 Å². The fourth-order valence-corrected chi connectivity index (χ4v) is 6.03. The summed E-state index contributed by atoms with van der Waals surface area (Å²) < 4.78 is 37.1. The molecule has 1 N–H and O–H groups in total. The van der Waals surface area contributed by atoms with E-state index in [9.17, 15) is 18.0 Å². The number of piperidine rings is 1. The first-order valence-corrected chi connectivity index (χ1v) is 13.5. The van der Waals surface area contributed by atoms with Crippen LogP contribution in [0.2, 0.25) is 0 Å². The van der Waals surface area contributed by atoms with Gasteiger partial charge in [0.2, 0.25) is 16.8 Å². The second-order valence-electron chi connectivity index (χ2n) is 8.93. The maximum atomic E-state index is 12.8. The Morgan fingerprint density at radius 1 is 1.15 bits per heavy atom. The Labute approximate surface area is 196 Å². The highest BCUT2D eigenvalue weighted by Crippen LogP contribution is 2.26. The van der Waals surface area contributed by atoms with Crippen molar-refractivity contribution < 1.29 is 27.2 Å². The van der Waals surface area contributed by atoms with Crippen molar-refractivity contribution in [2.75, 3.05) is 39.8 Å². The highest BCUT2D eigenvalue weighted by molar-refractivity contribution is 7.89. The first-order chi connectivity index (χ1) is 15.8. The standard InChI is InChI=1S/C23H37N3O6S/c1-3-31-23(28)20-10-11-21(32-20)33(29,30)26-16-12-18(13-17-26)22(27)24-14-7-15-25(2)19-8-5-4-6-9-19/h10-11,18-19H,3-9,12-17H2,1-2H3,(H,24,27). The van der Waals surface area contributed by atoms with Crippen LogP contribution in [0.25, 0.3) is 0 Å². The summed E-state index contributed by atoms with van der Waals surface area (Å²) in [4.78, 5) is 26.7. The Bertz CT molecular complexity index is 886. The molecule has 2 fully saturated rings. The molecule has 0 radical (unpaired) electrons. The summed E-state index contributed by atoms with van der Waals surface area (Å²) in [7, 11) is -1.69. The number of rotatable bonds is 10. The number of carbonyl (C=O) groups excluding carboxylic acids is 2. The van der Waals surface area contributed by atoms with Crippen molar-refractivity contribution in [2.45, 2.75) is 69.4 Å². The monoisotopic (exact) mass is 483 g/mol. The van der Waals surface area contributed by atoms with Crippen LogP contribution in [0.5, 0.6) is 0 Å². The van der Waals surface area contributed by atoms with Gasteiger partial charge in [0.05, 0.1) is 6.61 Å². The minimum atomic E-state index is -3.86. The third kappa shape index (κ3) is 6.80. The van der Waals surface area contributed by atoms with E-state index in [2.05, 4.69) is 17.3 Å². The lowest BCUT2D eigenvalue weighted by molar-refractivity contribution is -0.126. The van der Waals surface area contributed by atoms with Crippen molar-refractivity contribution in [3.63, 3.8) is 0 Å². The predicted molar refractivity (Wildman–Crippen MR) is 123 cm³/mol. The smallest absolute Gasteiger partial charge is 0.374 e. The van der Waals surface area contributed by atoms with Gasteiger partial charge < -0.3 is 19.4 Å². The van der Waals surface area contributed by atoms with Gasteiger partial charge in [-0.05, 0) is 64.8 Å². The molecule has 1 aliphatic heterocycles. The van der Waals surface area contributed by atoms with E-state index in [0.29, 0.717) is 25.4 Å². The number of hydrogen-bond donors (Lipinski definition) is 1. The lowest BCUT2D eigenvalue weighted by atomic mass is 9.94. The fraction of sp³-hybridized carbons (Fsp3) is 0.739. The van der Waals surface area contributed by atoms with Crippen molar-refractivity contribution in [1.29, 1.82) is 0 Å². The zero-order valence-electron chi connectivity index (χ0n) is 19.8. The van der Waals surface area contributed by atoms with Crippen molar-refractivity contribution in [3.05, 3.63) is 17.9 Å². The predicted octanol–water partition coefficient (Wildman–Crippen LogP) is 2.63. The molecule has 0 bridgehead atoms. The Morgan fingerprint density at radius 3 is 2.52 bits per heavy atom. The number of ether oxygens (including phenoxy) is 1. The van der Waals surface area contributed by atoms with Crippen molar-refractivity contribution in [2.24, 2.45) is 5.92 Å². The van der Waals surface area contributed by atoms with Gasteiger partial charge >= 0.3 is 5.97 Å². The molecule has 1 saturated carbocycles. The molecule has 1 aromatic rings. The van der Waals surface area contributed by atoms with Gasteiger partial charge in [0, 0.05) is 31.6 Å². The van der Waals surface area contributed by atoms with Crippen molar-refractivity contribution >= 4 is 21.9 Å². The Morgan fingerprint density at radius 2 is 1.85 bits per heavy atom. The molecule has 1 aliphatic carbocycles. The van der Waals surface area contributed by atoms with E-state index < -0.39 is 16.0 Å². The van der Waals surface area contributed by atoms with Gasteiger partial charge in [-0.1, -0.05) is 19.3 Å². The van der Waals surface area contributed by atoms with E-state index in [0.717, 1.165) is 13.0 Å². The molecule has 10 heteroatoms. The van der Waals surface area contributed by atoms with Crippen molar-refractivity contribution in [1.82, 2.24) is 14.5 Å². The van der Waals surface area contributed by atoms with Gasteiger partial charge in [-0.15, -0.1) is 0 Å². The Balaban J connectivity index is 1.40. The molecule has 1 aromatic heterocycles. The molecular weight excluding hydrogens is 446 g/mol. The molecule has 3 rings (SSSR count). The van der Waals surface area contributed by atoms with Gasteiger partial charge in [-0.2, -0.15) is 4.31 Å². The average molecular weight is 484 g/mol. The highest BCUT2D eigenvalue weighted by atomic mass is 32.2.